The van der Waals surface area contributed by atoms with Crippen molar-refractivity contribution in [2.45, 2.75) is 18.9 Å². The molecule has 1 fully saturated rings. The van der Waals surface area contributed by atoms with Gasteiger partial charge in [-0.05, 0) is 61.3 Å². The van der Waals surface area contributed by atoms with Crippen LogP contribution >= 0.6 is 15.9 Å². The van der Waals surface area contributed by atoms with Crippen molar-refractivity contribution in [3.8, 4) is 11.5 Å². The standard InChI is InChI=1S/C24H25BrN2O4/c1-30-21-12-18(19(25)13-22(21)31-2)23(27-9-7-15(8-10-27)24(28)29)17-11-16-5-3-4-6-20(16)26-14-17/h3-6,11-15,23H,7-10H2,1-2H3,(H,28,29). The van der Waals surface area contributed by atoms with Crippen LogP contribution in [0.2, 0.25) is 0 Å². The first-order valence-electron chi connectivity index (χ1n) is 10.2. The largest absolute Gasteiger partial charge is 0.493 e. The molecule has 4 rings (SSSR count). The molecule has 0 aliphatic carbocycles. The molecule has 31 heavy (non-hydrogen) atoms. The van der Waals surface area contributed by atoms with Crippen molar-refractivity contribution in [1.82, 2.24) is 9.88 Å². The average Bonchev–Trinajstić information content (AvgIpc) is 2.80. The fraction of sp³-hybridized carbons (Fsp3) is 0.333. The monoisotopic (exact) mass is 484 g/mol. The van der Waals surface area contributed by atoms with Crippen LogP contribution in [0.15, 0.2) is 53.1 Å². The fourth-order valence-corrected chi connectivity index (χ4v) is 4.85. The quantitative estimate of drug-likeness (QED) is 0.536. The number of hydrogen-bond donors (Lipinski definition) is 1. The van der Waals surface area contributed by atoms with Gasteiger partial charge < -0.3 is 14.6 Å². The lowest BCUT2D eigenvalue weighted by Gasteiger charge is -2.37. The zero-order valence-electron chi connectivity index (χ0n) is 17.5. The molecular weight excluding hydrogens is 460 g/mol. The van der Waals surface area contributed by atoms with E-state index in [2.05, 4.69) is 37.9 Å². The minimum Gasteiger partial charge on any atom is -0.493 e. The molecule has 2 heterocycles. The van der Waals surface area contributed by atoms with Crippen LogP contribution in [0.3, 0.4) is 0 Å². The number of methoxy groups -OCH3 is 2. The summed E-state index contributed by atoms with van der Waals surface area (Å²) in [5, 5.41) is 10.5. The Kier molecular flexibility index (Phi) is 6.43. The predicted molar refractivity (Wildman–Crippen MR) is 123 cm³/mol. The predicted octanol–water partition coefficient (Wildman–Crippen LogP) is 4.90. The molecule has 6 nitrogen and oxygen atoms in total. The van der Waals surface area contributed by atoms with E-state index in [9.17, 15) is 9.90 Å². The molecule has 0 radical (unpaired) electrons. The Bertz CT molecular complexity index is 1100. The Morgan fingerprint density at radius 2 is 1.81 bits per heavy atom. The van der Waals surface area contributed by atoms with Crippen LogP contribution in [0.1, 0.15) is 30.0 Å². The molecule has 3 aromatic rings. The summed E-state index contributed by atoms with van der Waals surface area (Å²) in [6.45, 7) is 1.38. The van der Waals surface area contributed by atoms with Gasteiger partial charge in [0.25, 0.3) is 0 Å². The number of piperidine rings is 1. The summed E-state index contributed by atoms with van der Waals surface area (Å²) in [5.41, 5.74) is 3.03. The second kappa shape index (κ2) is 9.24. The first-order chi connectivity index (χ1) is 15.0. The molecule has 0 amide bonds. The van der Waals surface area contributed by atoms with E-state index in [-0.39, 0.29) is 12.0 Å². The number of carbonyl (C=O) groups is 1. The van der Waals surface area contributed by atoms with E-state index in [1.807, 2.05) is 36.5 Å². The lowest BCUT2D eigenvalue weighted by Crippen LogP contribution is -2.39. The summed E-state index contributed by atoms with van der Waals surface area (Å²) in [6, 6.07) is 14.0. The van der Waals surface area contributed by atoms with E-state index in [0.29, 0.717) is 37.4 Å². The molecule has 2 aromatic carbocycles. The maximum atomic E-state index is 11.5. The fourth-order valence-electron chi connectivity index (χ4n) is 4.31. The minimum atomic E-state index is -0.712. The number of nitrogens with zero attached hydrogens (tertiary/aromatic N) is 2. The third kappa shape index (κ3) is 4.38. The van der Waals surface area contributed by atoms with Crippen molar-refractivity contribution < 1.29 is 19.4 Å². The number of benzene rings is 2. The Hall–Kier alpha value is -2.64. The van der Waals surface area contributed by atoms with E-state index < -0.39 is 5.97 Å². The number of fused-ring (bicyclic) bond motifs is 1. The number of ether oxygens (including phenoxy) is 2. The lowest BCUT2D eigenvalue weighted by molar-refractivity contribution is -0.143. The van der Waals surface area contributed by atoms with Gasteiger partial charge in [-0.1, -0.05) is 34.1 Å². The molecule has 1 N–H and O–H groups in total. The maximum absolute atomic E-state index is 11.5. The normalized spacial score (nSPS) is 16.2. The maximum Gasteiger partial charge on any atom is 0.306 e. The number of carboxylic acids is 1. The molecule has 0 spiro atoms. The second-order valence-corrected chi connectivity index (χ2v) is 8.60. The number of rotatable bonds is 6. The zero-order chi connectivity index (χ0) is 22.0. The molecule has 1 unspecified atom stereocenters. The minimum absolute atomic E-state index is 0.0963. The molecule has 1 atom stereocenters. The number of pyridine rings is 1. The Morgan fingerprint density at radius 1 is 1.13 bits per heavy atom. The highest BCUT2D eigenvalue weighted by Gasteiger charge is 2.32. The number of halogens is 1. The third-order valence-electron chi connectivity index (χ3n) is 5.97. The number of aliphatic carboxylic acids is 1. The number of carboxylic acid groups (broad SMARTS) is 1. The van der Waals surface area contributed by atoms with Crippen LogP contribution < -0.4 is 9.47 Å². The van der Waals surface area contributed by atoms with Gasteiger partial charge in [-0.15, -0.1) is 0 Å². The van der Waals surface area contributed by atoms with Crippen LogP contribution in [-0.4, -0.2) is 48.3 Å². The van der Waals surface area contributed by atoms with Crippen molar-refractivity contribution >= 4 is 32.8 Å². The van der Waals surface area contributed by atoms with Crippen LogP contribution in [0.5, 0.6) is 11.5 Å². The number of likely N-dealkylation sites (tertiary alicyclic amines) is 1. The molecule has 0 bridgehead atoms. The smallest absolute Gasteiger partial charge is 0.306 e. The molecular formula is C24H25BrN2O4. The van der Waals surface area contributed by atoms with Crippen molar-refractivity contribution in [2.75, 3.05) is 27.3 Å². The highest BCUT2D eigenvalue weighted by atomic mass is 79.9. The Balaban J connectivity index is 1.80. The van der Waals surface area contributed by atoms with E-state index in [0.717, 1.165) is 26.5 Å². The van der Waals surface area contributed by atoms with Crippen LogP contribution in [0.4, 0.5) is 0 Å². The molecule has 1 saturated heterocycles. The zero-order valence-corrected chi connectivity index (χ0v) is 19.1. The van der Waals surface area contributed by atoms with E-state index in [1.165, 1.54) is 0 Å². The van der Waals surface area contributed by atoms with Gasteiger partial charge in [-0.3, -0.25) is 14.7 Å². The topological polar surface area (TPSA) is 71.9 Å². The van der Waals surface area contributed by atoms with Gasteiger partial charge in [-0.2, -0.15) is 0 Å². The van der Waals surface area contributed by atoms with Crippen molar-refractivity contribution in [3.05, 3.63) is 64.3 Å². The Morgan fingerprint density at radius 3 is 2.48 bits per heavy atom. The molecule has 1 aliphatic rings. The lowest BCUT2D eigenvalue weighted by atomic mass is 9.91. The molecule has 0 saturated carbocycles. The molecule has 1 aromatic heterocycles. The summed E-state index contributed by atoms with van der Waals surface area (Å²) in [7, 11) is 3.24. The van der Waals surface area contributed by atoms with Crippen LogP contribution in [-0.2, 0) is 4.79 Å². The van der Waals surface area contributed by atoms with Gasteiger partial charge in [0.1, 0.15) is 0 Å². The second-order valence-electron chi connectivity index (χ2n) is 7.74. The number of hydrogen-bond acceptors (Lipinski definition) is 5. The van der Waals surface area contributed by atoms with Crippen LogP contribution in [0, 0.1) is 5.92 Å². The average molecular weight is 485 g/mol. The highest BCUT2D eigenvalue weighted by Crippen LogP contribution is 2.41. The van der Waals surface area contributed by atoms with E-state index in [4.69, 9.17) is 9.47 Å². The molecule has 7 heteroatoms. The van der Waals surface area contributed by atoms with Gasteiger partial charge in [0, 0.05) is 16.1 Å². The van der Waals surface area contributed by atoms with Gasteiger partial charge in [0.2, 0.25) is 0 Å². The van der Waals surface area contributed by atoms with Crippen molar-refractivity contribution in [3.63, 3.8) is 0 Å². The van der Waals surface area contributed by atoms with Gasteiger partial charge in [0.15, 0.2) is 11.5 Å². The van der Waals surface area contributed by atoms with E-state index in [1.54, 1.807) is 14.2 Å². The summed E-state index contributed by atoms with van der Waals surface area (Å²) >= 11 is 3.72. The van der Waals surface area contributed by atoms with E-state index >= 15 is 0 Å². The molecule has 1 aliphatic heterocycles. The number of para-hydroxylation sites is 1. The van der Waals surface area contributed by atoms with Gasteiger partial charge in [-0.25, -0.2) is 0 Å². The third-order valence-corrected chi connectivity index (χ3v) is 6.66. The first kappa shape index (κ1) is 21.6. The highest BCUT2D eigenvalue weighted by molar-refractivity contribution is 9.10. The summed E-state index contributed by atoms with van der Waals surface area (Å²) in [5.74, 6) is 0.300. The van der Waals surface area contributed by atoms with Crippen molar-refractivity contribution in [2.24, 2.45) is 5.92 Å². The first-order valence-corrected chi connectivity index (χ1v) is 11.0. The van der Waals surface area contributed by atoms with Gasteiger partial charge >= 0.3 is 5.97 Å². The summed E-state index contributed by atoms with van der Waals surface area (Å²) in [6.07, 6.45) is 3.16. The number of aromatic nitrogens is 1. The molecule has 162 valence electrons. The van der Waals surface area contributed by atoms with Gasteiger partial charge in [0.05, 0.1) is 31.7 Å². The summed E-state index contributed by atoms with van der Waals surface area (Å²) < 4.78 is 11.9. The SMILES string of the molecule is COc1cc(Br)c(C(c2cnc3ccccc3c2)N2CCC(C(=O)O)CC2)cc1OC. The Labute approximate surface area is 189 Å². The van der Waals surface area contributed by atoms with Crippen molar-refractivity contribution in [1.29, 1.82) is 0 Å². The summed E-state index contributed by atoms with van der Waals surface area (Å²) in [4.78, 5) is 18.5. The van der Waals surface area contributed by atoms with Crippen LogP contribution in [0.25, 0.3) is 10.9 Å².